The lowest BCUT2D eigenvalue weighted by Gasteiger charge is -2.19. The summed E-state index contributed by atoms with van der Waals surface area (Å²) in [6.07, 6.45) is 1.35. The van der Waals surface area contributed by atoms with Crippen molar-refractivity contribution in [3.63, 3.8) is 0 Å². The van der Waals surface area contributed by atoms with Crippen LogP contribution in [0.1, 0.15) is 5.56 Å². The molecule has 0 atom stereocenters. The van der Waals surface area contributed by atoms with E-state index in [2.05, 4.69) is 10.4 Å². The molecule has 0 aliphatic heterocycles. The Bertz CT molecular complexity index is 798. The highest BCUT2D eigenvalue weighted by Gasteiger charge is 2.22. The Hall–Kier alpha value is -2.63. The third-order valence-electron chi connectivity index (χ3n) is 2.88. The third kappa shape index (κ3) is 2.94. The van der Waals surface area contributed by atoms with Crippen molar-refractivity contribution in [2.24, 2.45) is 5.84 Å². The highest BCUT2D eigenvalue weighted by molar-refractivity contribution is 7.92. The fourth-order valence-electron chi connectivity index (χ4n) is 1.72. The molecule has 7 nitrogen and oxygen atoms in total. The predicted octanol–water partition coefficient (Wildman–Crippen LogP) is 1.06. The SMILES string of the molecule is CN(c1cccc(C#N)c1)S(=O)(=O)c1ccnc(NN)c1. The zero-order chi connectivity index (χ0) is 15.5. The van der Waals surface area contributed by atoms with Crippen LogP contribution in [0.2, 0.25) is 0 Å². The van der Waals surface area contributed by atoms with Gasteiger partial charge in [-0.05, 0) is 24.3 Å². The van der Waals surface area contributed by atoms with Crippen LogP contribution in [0.15, 0.2) is 47.5 Å². The standard InChI is InChI=1S/C13H13N5O2S/c1-18(11-4-2-3-10(7-11)9-14)21(19,20)12-5-6-16-13(8-12)17-15/h2-8H,15H2,1H3,(H,16,17). The van der Waals surface area contributed by atoms with Gasteiger partial charge in [-0.1, -0.05) is 6.07 Å². The predicted molar refractivity (Wildman–Crippen MR) is 78.8 cm³/mol. The van der Waals surface area contributed by atoms with Crippen LogP contribution in [0.5, 0.6) is 0 Å². The smallest absolute Gasteiger partial charge is 0.264 e. The van der Waals surface area contributed by atoms with Crippen molar-refractivity contribution in [3.8, 4) is 6.07 Å². The molecule has 108 valence electrons. The Morgan fingerprint density at radius 1 is 1.33 bits per heavy atom. The number of anilines is 2. The van der Waals surface area contributed by atoms with Crippen molar-refractivity contribution in [2.75, 3.05) is 16.8 Å². The van der Waals surface area contributed by atoms with Gasteiger partial charge in [-0.15, -0.1) is 0 Å². The number of nitrogens with one attached hydrogen (secondary N) is 1. The van der Waals surface area contributed by atoms with Crippen molar-refractivity contribution in [3.05, 3.63) is 48.2 Å². The fraction of sp³-hybridized carbons (Fsp3) is 0.0769. The first-order chi connectivity index (χ1) is 9.98. The molecule has 0 spiro atoms. The molecule has 0 amide bonds. The van der Waals surface area contributed by atoms with Crippen LogP contribution >= 0.6 is 0 Å². The summed E-state index contributed by atoms with van der Waals surface area (Å²) in [5.41, 5.74) is 3.08. The van der Waals surface area contributed by atoms with Gasteiger partial charge in [-0.25, -0.2) is 19.2 Å². The zero-order valence-electron chi connectivity index (χ0n) is 11.2. The van der Waals surface area contributed by atoms with Gasteiger partial charge in [-0.2, -0.15) is 5.26 Å². The number of aromatic nitrogens is 1. The van der Waals surface area contributed by atoms with E-state index in [-0.39, 0.29) is 10.7 Å². The van der Waals surface area contributed by atoms with E-state index in [4.69, 9.17) is 11.1 Å². The van der Waals surface area contributed by atoms with E-state index in [1.807, 2.05) is 6.07 Å². The molecule has 1 aromatic heterocycles. The maximum Gasteiger partial charge on any atom is 0.264 e. The van der Waals surface area contributed by atoms with E-state index in [1.165, 1.54) is 31.4 Å². The highest BCUT2D eigenvalue weighted by Crippen LogP contribution is 2.23. The van der Waals surface area contributed by atoms with Crippen LogP contribution in [0.4, 0.5) is 11.5 Å². The molecular weight excluding hydrogens is 290 g/mol. The molecule has 0 radical (unpaired) electrons. The molecule has 1 aromatic carbocycles. The number of nitrogens with two attached hydrogens (primary N) is 1. The van der Waals surface area contributed by atoms with Crippen molar-refractivity contribution in [2.45, 2.75) is 4.90 Å². The number of rotatable bonds is 4. The maximum absolute atomic E-state index is 12.5. The topological polar surface area (TPSA) is 112 Å². The van der Waals surface area contributed by atoms with Gasteiger partial charge >= 0.3 is 0 Å². The zero-order valence-corrected chi connectivity index (χ0v) is 12.0. The van der Waals surface area contributed by atoms with E-state index in [9.17, 15) is 8.42 Å². The number of nitrogens with zero attached hydrogens (tertiary/aromatic N) is 3. The number of hydrazine groups is 1. The first-order valence-corrected chi connectivity index (χ1v) is 7.35. The Morgan fingerprint density at radius 2 is 2.10 bits per heavy atom. The summed E-state index contributed by atoms with van der Waals surface area (Å²) >= 11 is 0. The Morgan fingerprint density at radius 3 is 2.76 bits per heavy atom. The number of hydrogen-bond donors (Lipinski definition) is 2. The summed E-state index contributed by atoms with van der Waals surface area (Å²) in [7, 11) is -2.34. The second kappa shape index (κ2) is 5.78. The highest BCUT2D eigenvalue weighted by atomic mass is 32.2. The monoisotopic (exact) mass is 303 g/mol. The Labute approximate surface area is 122 Å². The Balaban J connectivity index is 2.45. The number of nitrogen functional groups attached to an aromatic ring is 1. The molecule has 0 saturated carbocycles. The number of pyridine rings is 1. The molecule has 0 aliphatic carbocycles. The number of hydrogen-bond acceptors (Lipinski definition) is 6. The molecule has 0 aliphatic rings. The van der Waals surface area contributed by atoms with E-state index in [1.54, 1.807) is 18.2 Å². The first kappa shape index (κ1) is 14.8. The van der Waals surface area contributed by atoms with Gasteiger partial charge in [0.15, 0.2) is 0 Å². The summed E-state index contributed by atoms with van der Waals surface area (Å²) in [6.45, 7) is 0. The molecule has 1 heterocycles. The average molecular weight is 303 g/mol. The van der Waals surface area contributed by atoms with Crippen molar-refractivity contribution in [1.29, 1.82) is 5.26 Å². The molecule has 0 saturated heterocycles. The minimum Gasteiger partial charge on any atom is -0.308 e. The second-order valence-electron chi connectivity index (χ2n) is 4.16. The minimum absolute atomic E-state index is 0.0512. The quantitative estimate of drug-likeness (QED) is 0.645. The third-order valence-corrected chi connectivity index (χ3v) is 4.66. The molecule has 2 rings (SSSR count). The summed E-state index contributed by atoms with van der Waals surface area (Å²) in [5, 5.41) is 8.88. The minimum atomic E-state index is -3.76. The van der Waals surface area contributed by atoms with Crippen LogP contribution < -0.4 is 15.6 Å². The summed E-state index contributed by atoms with van der Waals surface area (Å²) in [5.74, 6) is 5.48. The van der Waals surface area contributed by atoms with Gasteiger partial charge in [0.1, 0.15) is 5.82 Å². The average Bonchev–Trinajstić information content (AvgIpc) is 2.54. The first-order valence-electron chi connectivity index (χ1n) is 5.91. The molecular formula is C13H13N5O2S. The lowest BCUT2D eigenvalue weighted by atomic mass is 10.2. The normalized spacial score (nSPS) is 10.7. The van der Waals surface area contributed by atoms with Crippen LogP contribution in [0, 0.1) is 11.3 Å². The van der Waals surface area contributed by atoms with Gasteiger partial charge < -0.3 is 5.43 Å². The molecule has 3 N–H and O–H groups in total. The number of nitriles is 1. The van der Waals surface area contributed by atoms with E-state index in [0.717, 1.165) is 4.31 Å². The van der Waals surface area contributed by atoms with Gasteiger partial charge in [0, 0.05) is 19.3 Å². The van der Waals surface area contributed by atoms with Crippen LogP contribution in [0.25, 0.3) is 0 Å². The molecule has 0 bridgehead atoms. The maximum atomic E-state index is 12.5. The van der Waals surface area contributed by atoms with Crippen LogP contribution in [-0.2, 0) is 10.0 Å². The molecule has 0 fully saturated rings. The van der Waals surface area contributed by atoms with Crippen molar-refractivity contribution < 1.29 is 8.42 Å². The second-order valence-corrected chi connectivity index (χ2v) is 6.13. The lowest BCUT2D eigenvalue weighted by Crippen LogP contribution is -2.26. The summed E-state index contributed by atoms with van der Waals surface area (Å²) in [6, 6.07) is 11.0. The largest absolute Gasteiger partial charge is 0.308 e. The van der Waals surface area contributed by atoms with Crippen LogP contribution in [0.3, 0.4) is 0 Å². The molecule has 21 heavy (non-hydrogen) atoms. The summed E-state index contributed by atoms with van der Waals surface area (Å²) < 4.78 is 26.2. The lowest BCUT2D eigenvalue weighted by molar-refractivity contribution is 0.594. The fourth-order valence-corrected chi connectivity index (χ4v) is 2.92. The van der Waals surface area contributed by atoms with E-state index < -0.39 is 10.0 Å². The van der Waals surface area contributed by atoms with Gasteiger partial charge in [-0.3, -0.25) is 4.31 Å². The van der Waals surface area contributed by atoms with Crippen molar-refractivity contribution in [1.82, 2.24) is 4.98 Å². The van der Waals surface area contributed by atoms with E-state index in [0.29, 0.717) is 11.3 Å². The van der Waals surface area contributed by atoms with E-state index >= 15 is 0 Å². The molecule has 8 heteroatoms. The summed E-state index contributed by atoms with van der Waals surface area (Å²) in [4.78, 5) is 3.92. The molecule has 2 aromatic rings. The Kier molecular flexibility index (Phi) is 4.07. The van der Waals surface area contributed by atoms with Gasteiger partial charge in [0.2, 0.25) is 0 Å². The van der Waals surface area contributed by atoms with Gasteiger partial charge in [0.25, 0.3) is 10.0 Å². The number of benzene rings is 1. The van der Waals surface area contributed by atoms with Crippen molar-refractivity contribution >= 4 is 21.5 Å². The van der Waals surface area contributed by atoms with Crippen LogP contribution in [-0.4, -0.2) is 20.4 Å². The van der Waals surface area contributed by atoms with Gasteiger partial charge in [0.05, 0.1) is 22.2 Å². The number of sulfonamides is 1. The molecule has 0 unspecified atom stereocenters.